The van der Waals surface area contributed by atoms with Gasteiger partial charge in [-0.3, -0.25) is 0 Å². The maximum atomic E-state index is 12.0. The fourth-order valence-electron chi connectivity index (χ4n) is 1.80. The average Bonchev–Trinajstić information content (AvgIpc) is 2.16. The van der Waals surface area contributed by atoms with E-state index < -0.39 is 12.8 Å². The van der Waals surface area contributed by atoms with Crippen LogP contribution in [0.2, 0.25) is 0 Å². The fourth-order valence-corrected chi connectivity index (χ4v) is 1.80. The smallest absolute Gasteiger partial charge is 0.371 e. The highest BCUT2D eigenvalue weighted by Crippen LogP contribution is 2.24. The molecule has 1 atom stereocenters. The molecule has 0 aromatic heterocycles. The zero-order chi connectivity index (χ0) is 13.4. The maximum Gasteiger partial charge on any atom is 0.411 e. The molecule has 5 heteroatoms. The lowest BCUT2D eigenvalue weighted by Gasteiger charge is -2.29. The number of halogens is 3. The van der Waals surface area contributed by atoms with Crippen molar-refractivity contribution in [2.75, 3.05) is 26.3 Å². The second-order valence-corrected chi connectivity index (χ2v) is 4.85. The lowest BCUT2D eigenvalue weighted by molar-refractivity contribution is -0.180. The Morgan fingerprint density at radius 2 is 1.71 bits per heavy atom. The van der Waals surface area contributed by atoms with Crippen LogP contribution in [-0.4, -0.2) is 32.5 Å². The van der Waals surface area contributed by atoms with E-state index in [2.05, 4.69) is 12.2 Å². The molecule has 0 aliphatic rings. The highest BCUT2D eigenvalue weighted by atomic mass is 19.4. The molecule has 0 aliphatic carbocycles. The van der Waals surface area contributed by atoms with E-state index in [-0.39, 0.29) is 12.0 Å². The molecule has 104 valence electrons. The van der Waals surface area contributed by atoms with Crippen LogP contribution in [0, 0.1) is 5.41 Å². The minimum atomic E-state index is -4.23. The molecular weight excluding hydrogens is 231 g/mol. The van der Waals surface area contributed by atoms with E-state index in [1.54, 1.807) is 0 Å². The maximum absolute atomic E-state index is 12.0. The minimum Gasteiger partial charge on any atom is -0.371 e. The summed E-state index contributed by atoms with van der Waals surface area (Å²) in [5, 5.41) is 3.25. The highest BCUT2D eigenvalue weighted by Gasteiger charge is 2.30. The van der Waals surface area contributed by atoms with Gasteiger partial charge in [-0.2, -0.15) is 13.2 Å². The van der Waals surface area contributed by atoms with E-state index in [1.807, 2.05) is 13.8 Å². The molecule has 0 rings (SSSR count). The summed E-state index contributed by atoms with van der Waals surface area (Å²) >= 11 is 0. The van der Waals surface area contributed by atoms with Gasteiger partial charge in [0.25, 0.3) is 0 Å². The molecule has 2 nitrogen and oxygen atoms in total. The first-order valence-electron chi connectivity index (χ1n) is 6.18. The predicted octanol–water partition coefficient (Wildman–Crippen LogP) is 3.37. The van der Waals surface area contributed by atoms with Crippen LogP contribution in [0.25, 0.3) is 0 Å². The first kappa shape index (κ1) is 16.7. The topological polar surface area (TPSA) is 21.3 Å². The Morgan fingerprint density at radius 3 is 2.18 bits per heavy atom. The molecule has 0 aromatic rings. The van der Waals surface area contributed by atoms with E-state index in [9.17, 15) is 13.2 Å². The van der Waals surface area contributed by atoms with Gasteiger partial charge in [0.05, 0.1) is 6.61 Å². The molecule has 0 heterocycles. The van der Waals surface area contributed by atoms with Gasteiger partial charge in [0.1, 0.15) is 6.61 Å². The number of nitrogens with one attached hydrogen (secondary N) is 1. The monoisotopic (exact) mass is 255 g/mol. The zero-order valence-electron chi connectivity index (χ0n) is 11.0. The third kappa shape index (κ3) is 9.41. The molecule has 0 aliphatic heterocycles. The highest BCUT2D eigenvalue weighted by molar-refractivity contribution is 4.76. The van der Waals surface area contributed by atoms with Crippen LogP contribution in [-0.2, 0) is 4.74 Å². The molecule has 0 saturated carbocycles. The summed E-state index contributed by atoms with van der Waals surface area (Å²) in [6.45, 7) is 6.64. The van der Waals surface area contributed by atoms with Gasteiger partial charge >= 0.3 is 6.18 Å². The SMILES string of the molecule is CCCNCC(C)(CCC)COCC(F)(F)F. The van der Waals surface area contributed by atoms with E-state index >= 15 is 0 Å². The summed E-state index contributed by atoms with van der Waals surface area (Å²) in [7, 11) is 0. The van der Waals surface area contributed by atoms with Crippen LogP contribution in [0.5, 0.6) is 0 Å². The molecule has 0 amide bonds. The normalized spacial score (nSPS) is 15.9. The van der Waals surface area contributed by atoms with E-state index in [0.29, 0.717) is 6.54 Å². The van der Waals surface area contributed by atoms with Crippen molar-refractivity contribution in [3.8, 4) is 0 Å². The second-order valence-electron chi connectivity index (χ2n) is 4.85. The summed E-state index contributed by atoms with van der Waals surface area (Å²) in [6, 6.07) is 0. The van der Waals surface area contributed by atoms with Crippen LogP contribution in [0.15, 0.2) is 0 Å². The Hall–Kier alpha value is -0.290. The third-order valence-corrected chi connectivity index (χ3v) is 2.55. The van der Waals surface area contributed by atoms with Crippen molar-refractivity contribution in [2.24, 2.45) is 5.41 Å². The molecule has 0 spiro atoms. The van der Waals surface area contributed by atoms with E-state index in [1.165, 1.54) is 0 Å². The van der Waals surface area contributed by atoms with Crippen molar-refractivity contribution in [2.45, 2.75) is 46.2 Å². The van der Waals surface area contributed by atoms with Crippen molar-refractivity contribution in [1.82, 2.24) is 5.32 Å². The minimum absolute atomic E-state index is 0.150. The van der Waals surface area contributed by atoms with E-state index in [0.717, 1.165) is 25.8 Å². The van der Waals surface area contributed by atoms with Crippen LogP contribution >= 0.6 is 0 Å². The quantitative estimate of drug-likeness (QED) is 0.638. The number of alkyl halides is 3. The summed E-state index contributed by atoms with van der Waals surface area (Å²) in [6.07, 6.45) is -1.41. The molecule has 1 unspecified atom stereocenters. The molecule has 17 heavy (non-hydrogen) atoms. The summed E-state index contributed by atoms with van der Waals surface area (Å²) in [5.41, 5.74) is -0.213. The van der Waals surface area contributed by atoms with Crippen LogP contribution < -0.4 is 5.32 Å². The molecule has 0 aromatic carbocycles. The zero-order valence-corrected chi connectivity index (χ0v) is 11.0. The second kappa shape index (κ2) is 7.93. The first-order valence-corrected chi connectivity index (χ1v) is 6.18. The Balaban J connectivity index is 4.02. The third-order valence-electron chi connectivity index (χ3n) is 2.55. The van der Waals surface area contributed by atoms with Gasteiger partial charge in [0.2, 0.25) is 0 Å². The first-order chi connectivity index (χ1) is 7.83. The summed E-state index contributed by atoms with van der Waals surface area (Å²) < 4.78 is 40.7. The van der Waals surface area contributed by atoms with Gasteiger partial charge < -0.3 is 10.1 Å². The largest absolute Gasteiger partial charge is 0.411 e. The van der Waals surface area contributed by atoms with Crippen molar-refractivity contribution in [1.29, 1.82) is 0 Å². The molecule has 0 radical (unpaired) electrons. The summed E-state index contributed by atoms with van der Waals surface area (Å²) in [5.74, 6) is 0. The molecular formula is C12H24F3NO. The lowest BCUT2D eigenvalue weighted by Crippen LogP contribution is -2.37. The Bertz CT molecular complexity index is 197. The number of hydrogen-bond acceptors (Lipinski definition) is 2. The standard InChI is InChI=1S/C12H24F3NO/c1-4-6-11(3,8-16-7-5-2)9-17-10-12(13,14)15/h16H,4-10H2,1-3H3. The number of ether oxygens (including phenoxy) is 1. The van der Waals surface area contributed by atoms with Crippen LogP contribution in [0.3, 0.4) is 0 Å². The van der Waals surface area contributed by atoms with Crippen LogP contribution in [0.1, 0.15) is 40.0 Å². The molecule has 0 bridgehead atoms. The Morgan fingerprint density at radius 1 is 1.06 bits per heavy atom. The number of rotatable bonds is 9. The van der Waals surface area contributed by atoms with E-state index in [4.69, 9.17) is 4.74 Å². The number of hydrogen-bond donors (Lipinski definition) is 1. The fraction of sp³-hybridized carbons (Fsp3) is 1.00. The van der Waals surface area contributed by atoms with Gasteiger partial charge in [-0.1, -0.05) is 27.2 Å². The van der Waals surface area contributed by atoms with Gasteiger partial charge in [0.15, 0.2) is 0 Å². The van der Waals surface area contributed by atoms with Crippen molar-refractivity contribution < 1.29 is 17.9 Å². The summed E-state index contributed by atoms with van der Waals surface area (Å²) in [4.78, 5) is 0. The average molecular weight is 255 g/mol. The Labute approximate surface area is 102 Å². The van der Waals surface area contributed by atoms with Crippen LogP contribution in [0.4, 0.5) is 13.2 Å². The molecule has 0 fully saturated rings. The van der Waals surface area contributed by atoms with Gasteiger partial charge in [-0.25, -0.2) is 0 Å². The van der Waals surface area contributed by atoms with Gasteiger partial charge in [-0.15, -0.1) is 0 Å². The van der Waals surface area contributed by atoms with Gasteiger partial charge in [-0.05, 0) is 19.4 Å². The Kier molecular flexibility index (Phi) is 7.79. The van der Waals surface area contributed by atoms with Gasteiger partial charge in [0, 0.05) is 12.0 Å². The molecule has 0 saturated heterocycles. The van der Waals surface area contributed by atoms with Crippen molar-refractivity contribution >= 4 is 0 Å². The van der Waals surface area contributed by atoms with Crippen molar-refractivity contribution in [3.63, 3.8) is 0 Å². The van der Waals surface area contributed by atoms with Crippen molar-refractivity contribution in [3.05, 3.63) is 0 Å². The molecule has 1 N–H and O–H groups in total. The lowest BCUT2D eigenvalue weighted by atomic mass is 9.86. The predicted molar refractivity (Wildman–Crippen MR) is 63.0 cm³/mol.